The van der Waals surface area contributed by atoms with Gasteiger partial charge in [-0.3, -0.25) is 14.8 Å². The number of thiophene rings is 1. The van der Waals surface area contributed by atoms with E-state index in [-0.39, 0.29) is 11.9 Å². The number of hydrogen-bond acceptors (Lipinski definition) is 5. The number of aryl methyl sites for hydroxylation is 1. The number of carbonyl (C=O) groups excluding carboxylic acids is 1. The number of benzene rings is 2. The van der Waals surface area contributed by atoms with Crippen LogP contribution in [0.3, 0.4) is 0 Å². The summed E-state index contributed by atoms with van der Waals surface area (Å²) in [4.78, 5) is 22.7. The maximum Gasteiger partial charge on any atom is 0.284 e. The van der Waals surface area contributed by atoms with Crippen LogP contribution in [0.1, 0.15) is 45.7 Å². The molecule has 1 atom stereocenters. The zero-order chi connectivity index (χ0) is 20.5. The van der Waals surface area contributed by atoms with Gasteiger partial charge in [0.15, 0.2) is 0 Å². The molecule has 148 valence electrons. The first-order valence-electron chi connectivity index (χ1n) is 9.97. The van der Waals surface area contributed by atoms with E-state index in [0.717, 1.165) is 34.3 Å². The lowest BCUT2D eigenvalue weighted by atomic mass is 9.97. The molecular formula is C24H20N4OS. The third kappa shape index (κ3) is 3.39. The number of nitrogens with zero attached hydrogens (tertiary/aromatic N) is 4. The maximum absolute atomic E-state index is 13.2. The fourth-order valence-electron chi connectivity index (χ4n) is 3.77. The fourth-order valence-corrected chi connectivity index (χ4v) is 4.42. The van der Waals surface area contributed by atoms with E-state index in [1.165, 1.54) is 16.9 Å². The molecule has 1 aliphatic rings. The van der Waals surface area contributed by atoms with Gasteiger partial charge in [-0.05, 0) is 46.7 Å². The number of hydrazone groups is 1. The van der Waals surface area contributed by atoms with E-state index in [4.69, 9.17) is 5.10 Å². The minimum absolute atomic E-state index is 0.0746. The van der Waals surface area contributed by atoms with Gasteiger partial charge in [-0.1, -0.05) is 43.3 Å². The number of rotatable bonds is 4. The molecule has 2 aromatic carbocycles. The molecule has 0 N–H and O–H groups in total. The van der Waals surface area contributed by atoms with Crippen LogP contribution >= 0.6 is 11.3 Å². The molecule has 4 aromatic rings. The van der Waals surface area contributed by atoms with Gasteiger partial charge in [0.25, 0.3) is 5.91 Å². The van der Waals surface area contributed by atoms with E-state index in [1.807, 2.05) is 35.7 Å². The van der Waals surface area contributed by atoms with E-state index in [9.17, 15) is 4.79 Å². The molecule has 6 heteroatoms. The number of fused-ring (bicyclic) bond motifs is 1. The number of hydrogen-bond donors (Lipinski definition) is 0. The van der Waals surface area contributed by atoms with Gasteiger partial charge in [0.05, 0.1) is 27.7 Å². The quantitative estimate of drug-likeness (QED) is 0.460. The van der Waals surface area contributed by atoms with E-state index < -0.39 is 0 Å². The highest BCUT2D eigenvalue weighted by Crippen LogP contribution is 2.35. The van der Waals surface area contributed by atoms with Crippen molar-refractivity contribution in [2.45, 2.75) is 25.8 Å². The molecule has 0 radical (unpaired) electrons. The van der Waals surface area contributed by atoms with Crippen molar-refractivity contribution in [3.8, 4) is 0 Å². The number of amides is 1. The van der Waals surface area contributed by atoms with Gasteiger partial charge >= 0.3 is 0 Å². The Morgan fingerprint density at radius 2 is 1.87 bits per heavy atom. The van der Waals surface area contributed by atoms with Crippen molar-refractivity contribution in [3.05, 3.63) is 93.9 Å². The highest BCUT2D eigenvalue weighted by atomic mass is 32.1. The van der Waals surface area contributed by atoms with Crippen LogP contribution in [0.5, 0.6) is 0 Å². The average Bonchev–Trinajstić information content (AvgIpc) is 3.49. The monoisotopic (exact) mass is 412 g/mol. The standard InChI is InChI=1S/C24H20N4OS/c1-2-16-5-7-17(8-6-16)20-15-22(28(27-20)24(29)23-4-3-13-30-23)18-9-10-19-21(14-18)26-12-11-25-19/h3-14,22H,2,15H2,1H3. The number of aromatic nitrogens is 2. The predicted molar refractivity (Wildman–Crippen MR) is 120 cm³/mol. The Morgan fingerprint density at radius 3 is 2.60 bits per heavy atom. The summed E-state index contributed by atoms with van der Waals surface area (Å²) in [6, 6.07) is 18.0. The van der Waals surface area contributed by atoms with E-state index in [2.05, 4.69) is 41.2 Å². The molecule has 1 amide bonds. The molecule has 0 aliphatic carbocycles. The van der Waals surface area contributed by atoms with Crippen LogP contribution in [0.25, 0.3) is 11.0 Å². The Hall–Kier alpha value is -3.38. The summed E-state index contributed by atoms with van der Waals surface area (Å²) in [6.07, 6.45) is 5.03. The zero-order valence-corrected chi connectivity index (χ0v) is 17.3. The summed E-state index contributed by atoms with van der Waals surface area (Å²) in [7, 11) is 0. The molecule has 0 bridgehead atoms. The van der Waals surface area contributed by atoms with Crippen LogP contribution in [0.4, 0.5) is 0 Å². The Bertz CT molecular complexity index is 1230. The molecule has 0 saturated heterocycles. The lowest BCUT2D eigenvalue weighted by molar-refractivity contribution is 0.0716. The molecule has 3 heterocycles. The van der Waals surface area contributed by atoms with Crippen molar-refractivity contribution in [1.82, 2.24) is 15.0 Å². The van der Waals surface area contributed by atoms with Crippen LogP contribution in [-0.4, -0.2) is 26.6 Å². The van der Waals surface area contributed by atoms with Crippen LogP contribution in [-0.2, 0) is 6.42 Å². The Morgan fingerprint density at radius 1 is 1.07 bits per heavy atom. The minimum atomic E-state index is -0.174. The molecular weight excluding hydrogens is 392 g/mol. The third-order valence-electron chi connectivity index (χ3n) is 5.42. The second kappa shape index (κ2) is 7.80. The van der Waals surface area contributed by atoms with Gasteiger partial charge < -0.3 is 0 Å². The molecule has 0 spiro atoms. The van der Waals surface area contributed by atoms with Gasteiger partial charge in [-0.15, -0.1) is 11.3 Å². The van der Waals surface area contributed by atoms with Gasteiger partial charge in [-0.25, -0.2) is 5.01 Å². The molecule has 1 unspecified atom stereocenters. The Kier molecular flexibility index (Phi) is 4.85. The van der Waals surface area contributed by atoms with Crippen LogP contribution in [0.2, 0.25) is 0 Å². The molecule has 5 rings (SSSR count). The summed E-state index contributed by atoms with van der Waals surface area (Å²) in [6.45, 7) is 2.14. The first kappa shape index (κ1) is 18.6. The van der Waals surface area contributed by atoms with Crippen molar-refractivity contribution in [2.75, 3.05) is 0 Å². The highest BCUT2D eigenvalue weighted by Gasteiger charge is 2.34. The first-order chi connectivity index (χ1) is 14.7. The van der Waals surface area contributed by atoms with Gasteiger partial charge in [0.1, 0.15) is 0 Å². The smallest absolute Gasteiger partial charge is 0.266 e. The lowest BCUT2D eigenvalue weighted by Crippen LogP contribution is -2.26. The molecule has 5 nitrogen and oxygen atoms in total. The molecule has 0 fully saturated rings. The Balaban J connectivity index is 1.54. The maximum atomic E-state index is 13.2. The fraction of sp³-hybridized carbons (Fsp3) is 0.167. The number of carbonyl (C=O) groups is 1. The van der Waals surface area contributed by atoms with Crippen LogP contribution in [0, 0.1) is 0 Å². The highest BCUT2D eigenvalue weighted by molar-refractivity contribution is 7.12. The Labute approximate surface area is 178 Å². The van der Waals surface area contributed by atoms with E-state index >= 15 is 0 Å². The normalized spacial score (nSPS) is 16.1. The van der Waals surface area contributed by atoms with Crippen molar-refractivity contribution >= 4 is 34.0 Å². The van der Waals surface area contributed by atoms with E-state index in [0.29, 0.717) is 11.3 Å². The molecule has 2 aromatic heterocycles. The summed E-state index contributed by atoms with van der Waals surface area (Å²) in [5.41, 5.74) is 5.93. The van der Waals surface area contributed by atoms with Crippen molar-refractivity contribution in [3.63, 3.8) is 0 Å². The van der Waals surface area contributed by atoms with Gasteiger partial charge in [-0.2, -0.15) is 5.10 Å². The topological polar surface area (TPSA) is 58.5 Å². The third-order valence-corrected chi connectivity index (χ3v) is 6.28. The van der Waals surface area contributed by atoms with Crippen molar-refractivity contribution in [2.24, 2.45) is 5.10 Å². The summed E-state index contributed by atoms with van der Waals surface area (Å²) >= 11 is 1.44. The van der Waals surface area contributed by atoms with Crippen molar-refractivity contribution in [1.29, 1.82) is 0 Å². The second-order valence-corrected chi connectivity index (χ2v) is 8.20. The SMILES string of the molecule is CCc1ccc(C2=NN(C(=O)c3cccs3)C(c3ccc4nccnc4c3)C2)cc1. The van der Waals surface area contributed by atoms with Crippen LogP contribution in [0.15, 0.2) is 77.5 Å². The zero-order valence-electron chi connectivity index (χ0n) is 16.5. The summed E-state index contributed by atoms with van der Waals surface area (Å²) in [5.74, 6) is -0.0746. The van der Waals surface area contributed by atoms with Gasteiger partial charge in [0, 0.05) is 18.8 Å². The lowest BCUT2D eigenvalue weighted by Gasteiger charge is -2.21. The van der Waals surface area contributed by atoms with E-state index in [1.54, 1.807) is 17.4 Å². The molecule has 30 heavy (non-hydrogen) atoms. The largest absolute Gasteiger partial charge is 0.284 e. The van der Waals surface area contributed by atoms with Crippen molar-refractivity contribution < 1.29 is 4.79 Å². The summed E-state index contributed by atoms with van der Waals surface area (Å²) < 4.78 is 0. The predicted octanol–water partition coefficient (Wildman–Crippen LogP) is 5.25. The minimum Gasteiger partial charge on any atom is -0.266 e. The average molecular weight is 413 g/mol. The second-order valence-electron chi connectivity index (χ2n) is 7.25. The first-order valence-corrected chi connectivity index (χ1v) is 10.9. The molecule has 0 saturated carbocycles. The molecule has 1 aliphatic heterocycles. The van der Waals surface area contributed by atoms with Crippen LogP contribution < -0.4 is 0 Å². The summed E-state index contributed by atoms with van der Waals surface area (Å²) in [5, 5.41) is 8.32. The van der Waals surface area contributed by atoms with Gasteiger partial charge in [0.2, 0.25) is 0 Å².